The van der Waals surface area contributed by atoms with E-state index in [0.29, 0.717) is 5.69 Å². The summed E-state index contributed by atoms with van der Waals surface area (Å²) in [6, 6.07) is 7.38. The molecular weight excluding hydrogens is 333 g/mol. The van der Waals surface area contributed by atoms with E-state index in [1.165, 1.54) is 6.20 Å². The molecule has 0 fully saturated rings. The SMILES string of the molecule is CSc1cccc(NC(=O)Cn2ncc(Cl)c(Cl)c2=O)c1. The molecule has 0 bridgehead atoms. The number of nitrogens with zero attached hydrogens (tertiary/aromatic N) is 2. The fourth-order valence-corrected chi connectivity index (χ4v) is 2.33. The fourth-order valence-electron chi connectivity index (χ4n) is 1.59. The minimum atomic E-state index is -0.600. The van der Waals surface area contributed by atoms with Crippen LogP contribution in [0.4, 0.5) is 5.69 Å². The van der Waals surface area contributed by atoms with Gasteiger partial charge in [-0.1, -0.05) is 29.3 Å². The Bertz CT molecular complexity index is 734. The highest BCUT2D eigenvalue weighted by Gasteiger charge is 2.11. The largest absolute Gasteiger partial charge is 0.324 e. The van der Waals surface area contributed by atoms with E-state index in [1.54, 1.807) is 17.8 Å². The average Bonchev–Trinajstić information content (AvgIpc) is 2.48. The number of thioether (sulfide) groups is 1. The van der Waals surface area contributed by atoms with E-state index >= 15 is 0 Å². The van der Waals surface area contributed by atoms with Gasteiger partial charge in [-0.2, -0.15) is 5.10 Å². The lowest BCUT2D eigenvalue weighted by atomic mass is 10.3. The van der Waals surface area contributed by atoms with Crippen molar-refractivity contribution in [2.24, 2.45) is 0 Å². The van der Waals surface area contributed by atoms with Crippen LogP contribution in [0.25, 0.3) is 0 Å². The molecule has 1 heterocycles. The number of rotatable bonds is 4. The Morgan fingerprint density at radius 3 is 2.90 bits per heavy atom. The van der Waals surface area contributed by atoms with E-state index < -0.39 is 5.56 Å². The van der Waals surface area contributed by atoms with Crippen LogP contribution in [0.15, 0.2) is 40.2 Å². The summed E-state index contributed by atoms with van der Waals surface area (Å²) in [5.41, 5.74) is 0.0529. The maximum absolute atomic E-state index is 11.9. The van der Waals surface area contributed by atoms with Crippen LogP contribution in [0.5, 0.6) is 0 Å². The van der Waals surface area contributed by atoms with Crippen LogP contribution in [0.1, 0.15) is 0 Å². The Labute approximate surface area is 135 Å². The van der Waals surface area contributed by atoms with Crippen LogP contribution < -0.4 is 10.9 Å². The number of carbonyl (C=O) groups excluding carboxylic acids is 1. The first-order chi connectivity index (χ1) is 10.0. The van der Waals surface area contributed by atoms with Crippen molar-refractivity contribution < 1.29 is 4.79 Å². The Morgan fingerprint density at radius 1 is 1.43 bits per heavy atom. The zero-order valence-corrected chi connectivity index (χ0v) is 13.3. The molecule has 0 saturated heterocycles. The summed E-state index contributed by atoms with van der Waals surface area (Å²) >= 11 is 13.0. The topological polar surface area (TPSA) is 64.0 Å². The number of hydrogen-bond donors (Lipinski definition) is 1. The molecule has 0 radical (unpaired) electrons. The number of anilines is 1. The molecule has 8 heteroatoms. The lowest BCUT2D eigenvalue weighted by molar-refractivity contribution is -0.117. The quantitative estimate of drug-likeness (QED) is 0.867. The molecule has 0 aliphatic carbocycles. The van der Waals surface area contributed by atoms with Gasteiger partial charge in [-0.05, 0) is 24.5 Å². The second-order valence-electron chi connectivity index (χ2n) is 4.05. The van der Waals surface area contributed by atoms with Crippen molar-refractivity contribution in [1.82, 2.24) is 9.78 Å². The summed E-state index contributed by atoms with van der Waals surface area (Å²) < 4.78 is 0.960. The standard InChI is InChI=1S/C13H11Cl2N3O2S/c1-21-9-4-2-3-8(5-9)17-11(19)7-18-13(20)12(15)10(14)6-16-18/h2-6H,7H2,1H3,(H,17,19). The molecule has 1 aromatic heterocycles. The average molecular weight is 344 g/mol. The molecule has 110 valence electrons. The van der Waals surface area contributed by atoms with Crippen LogP contribution in [0, 0.1) is 0 Å². The van der Waals surface area contributed by atoms with Crippen molar-refractivity contribution in [3.05, 3.63) is 50.9 Å². The first-order valence-corrected chi connectivity index (χ1v) is 7.84. The van der Waals surface area contributed by atoms with E-state index in [-0.39, 0.29) is 22.5 Å². The van der Waals surface area contributed by atoms with Crippen LogP contribution >= 0.6 is 35.0 Å². The van der Waals surface area contributed by atoms with Gasteiger partial charge in [-0.15, -0.1) is 11.8 Å². The van der Waals surface area contributed by atoms with Crippen LogP contribution in [0.2, 0.25) is 10.0 Å². The molecule has 1 N–H and O–H groups in total. The molecule has 0 atom stereocenters. The first-order valence-electron chi connectivity index (χ1n) is 5.86. The van der Waals surface area contributed by atoms with E-state index in [9.17, 15) is 9.59 Å². The lowest BCUT2D eigenvalue weighted by Gasteiger charge is -2.08. The Hall–Kier alpha value is -1.50. The molecule has 0 unspecified atom stereocenters. The normalized spacial score (nSPS) is 10.4. The van der Waals surface area contributed by atoms with Gasteiger partial charge in [0, 0.05) is 10.6 Å². The number of aromatic nitrogens is 2. The summed E-state index contributed by atoms with van der Waals surface area (Å²) in [4.78, 5) is 24.7. The third-order valence-corrected chi connectivity index (χ3v) is 4.06. The highest BCUT2D eigenvalue weighted by Crippen LogP contribution is 2.19. The predicted octanol–water partition coefficient (Wildman–Crippen LogP) is 2.91. The van der Waals surface area contributed by atoms with Gasteiger partial charge >= 0.3 is 0 Å². The maximum Gasteiger partial charge on any atom is 0.287 e. The molecule has 5 nitrogen and oxygen atoms in total. The zero-order valence-electron chi connectivity index (χ0n) is 11.0. The molecule has 0 saturated carbocycles. The summed E-state index contributed by atoms with van der Waals surface area (Å²) in [6.45, 7) is -0.237. The van der Waals surface area contributed by atoms with Gasteiger partial charge < -0.3 is 5.32 Å². The van der Waals surface area contributed by atoms with Gasteiger partial charge in [0.15, 0.2) is 0 Å². The van der Waals surface area contributed by atoms with Crippen LogP contribution in [0.3, 0.4) is 0 Å². The molecule has 0 spiro atoms. The molecule has 0 aliphatic heterocycles. The molecule has 1 aromatic carbocycles. The molecule has 0 aliphatic rings. The molecule has 1 amide bonds. The van der Waals surface area contributed by atoms with Crippen molar-refractivity contribution in [2.45, 2.75) is 11.4 Å². The first kappa shape index (κ1) is 15.9. The monoisotopic (exact) mass is 343 g/mol. The lowest BCUT2D eigenvalue weighted by Crippen LogP contribution is -2.29. The van der Waals surface area contributed by atoms with Crippen molar-refractivity contribution in [1.29, 1.82) is 0 Å². The van der Waals surface area contributed by atoms with Gasteiger partial charge in [0.25, 0.3) is 5.56 Å². The van der Waals surface area contributed by atoms with Crippen molar-refractivity contribution in [3.63, 3.8) is 0 Å². The van der Waals surface area contributed by atoms with Crippen LogP contribution in [-0.2, 0) is 11.3 Å². The number of benzene rings is 1. The second-order valence-corrected chi connectivity index (χ2v) is 5.71. The van der Waals surface area contributed by atoms with E-state index in [0.717, 1.165) is 9.58 Å². The van der Waals surface area contributed by atoms with Gasteiger partial charge in [-0.3, -0.25) is 9.59 Å². The number of hydrogen-bond acceptors (Lipinski definition) is 4. The summed E-state index contributed by atoms with van der Waals surface area (Å²) in [7, 11) is 0. The van der Waals surface area contributed by atoms with E-state index in [1.807, 2.05) is 24.5 Å². The molecule has 21 heavy (non-hydrogen) atoms. The number of amides is 1. The number of nitrogens with one attached hydrogen (secondary N) is 1. The van der Waals surface area contributed by atoms with Crippen molar-refractivity contribution in [3.8, 4) is 0 Å². The fraction of sp³-hybridized carbons (Fsp3) is 0.154. The van der Waals surface area contributed by atoms with E-state index in [4.69, 9.17) is 23.2 Å². The van der Waals surface area contributed by atoms with Crippen molar-refractivity contribution >= 4 is 46.6 Å². The van der Waals surface area contributed by atoms with Gasteiger partial charge in [0.1, 0.15) is 11.6 Å². The van der Waals surface area contributed by atoms with Crippen LogP contribution in [-0.4, -0.2) is 21.9 Å². The van der Waals surface area contributed by atoms with Gasteiger partial charge in [-0.25, -0.2) is 4.68 Å². The Kier molecular flexibility index (Phi) is 5.27. The summed E-state index contributed by atoms with van der Waals surface area (Å²) in [5.74, 6) is -0.374. The number of carbonyl (C=O) groups is 1. The zero-order chi connectivity index (χ0) is 15.4. The Balaban J connectivity index is 2.12. The van der Waals surface area contributed by atoms with Gasteiger partial charge in [0.05, 0.1) is 11.2 Å². The second kappa shape index (κ2) is 6.98. The minimum Gasteiger partial charge on any atom is -0.324 e. The maximum atomic E-state index is 11.9. The van der Waals surface area contributed by atoms with E-state index in [2.05, 4.69) is 10.4 Å². The highest BCUT2D eigenvalue weighted by molar-refractivity contribution is 7.98. The molecule has 2 rings (SSSR count). The van der Waals surface area contributed by atoms with Gasteiger partial charge in [0.2, 0.25) is 5.91 Å². The molecule has 2 aromatic rings. The summed E-state index contributed by atoms with van der Waals surface area (Å²) in [5, 5.41) is 6.39. The summed E-state index contributed by atoms with van der Waals surface area (Å²) in [6.07, 6.45) is 3.17. The highest BCUT2D eigenvalue weighted by atomic mass is 35.5. The third kappa shape index (κ3) is 4.00. The predicted molar refractivity (Wildman–Crippen MR) is 85.4 cm³/mol. The smallest absolute Gasteiger partial charge is 0.287 e. The number of halogens is 2. The minimum absolute atomic E-state index is 0.0611. The Morgan fingerprint density at radius 2 is 2.19 bits per heavy atom. The molecular formula is C13H11Cl2N3O2S. The third-order valence-electron chi connectivity index (χ3n) is 2.59. The van der Waals surface area contributed by atoms with Crippen molar-refractivity contribution in [2.75, 3.05) is 11.6 Å².